The number of hydrogen-bond donors (Lipinski definition) is 1. The van der Waals surface area contributed by atoms with Gasteiger partial charge in [-0.1, -0.05) is 54.6 Å². The number of fused-ring (bicyclic) bond motifs is 1. The van der Waals surface area contributed by atoms with Crippen LogP contribution in [0.3, 0.4) is 0 Å². The summed E-state index contributed by atoms with van der Waals surface area (Å²) in [6, 6.07) is 24.7. The van der Waals surface area contributed by atoms with Gasteiger partial charge in [-0.05, 0) is 42.7 Å². The Balaban J connectivity index is 1.94. The highest BCUT2D eigenvalue weighted by Gasteiger charge is 2.13. The van der Waals surface area contributed by atoms with E-state index < -0.39 is 0 Å². The second-order valence-corrected chi connectivity index (χ2v) is 5.43. The van der Waals surface area contributed by atoms with Crippen molar-refractivity contribution in [2.45, 2.75) is 6.92 Å². The zero-order valence-corrected chi connectivity index (χ0v) is 13.3. The van der Waals surface area contributed by atoms with Gasteiger partial charge in [-0.25, -0.2) is 0 Å². The van der Waals surface area contributed by atoms with Gasteiger partial charge in [-0.15, -0.1) is 0 Å². The first-order chi connectivity index (χ1) is 10.8. The van der Waals surface area contributed by atoms with Gasteiger partial charge in [0.25, 0.3) is 0 Å². The maximum Gasteiger partial charge on any atom is 0.177 e. The average Bonchev–Trinajstić information content (AvgIpc) is 2.57. The monoisotopic (exact) mass is 306 g/mol. The Bertz CT molecular complexity index is 778. The van der Waals surface area contributed by atoms with Crippen LogP contribution in [0.25, 0.3) is 10.8 Å². The minimum absolute atomic E-state index is 0.713. The summed E-state index contributed by atoms with van der Waals surface area (Å²) in [4.78, 5) is 2.13. The molecule has 0 saturated carbocycles. The highest BCUT2D eigenvalue weighted by atomic mass is 32.1. The van der Waals surface area contributed by atoms with Gasteiger partial charge in [0.05, 0.1) is 5.69 Å². The molecule has 110 valence electrons. The van der Waals surface area contributed by atoms with Gasteiger partial charge in [0.1, 0.15) is 0 Å². The van der Waals surface area contributed by atoms with Crippen molar-refractivity contribution in [2.24, 2.45) is 0 Å². The molecule has 0 fully saturated rings. The normalized spacial score (nSPS) is 10.4. The van der Waals surface area contributed by atoms with Crippen LogP contribution in [-0.2, 0) is 0 Å². The minimum atomic E-state index is 0.713. The molecule has 0 heterocycles. The van der Waals surface area contributed by atoms with Gasteiger partial charge >= 0.3 is 0 Å². The topological polar surface area (TPSA) is 15.3 Å². The van der Waals surface area contributed by atoms with Crippen molar-refractivity contribution < 1.29 is 0 Å². The van der Waals surface area contributed by atoms with Crippen molar-refractivity contribution in [2.75, 3.05) is 16.8 Å². The lowest BCUT2D eigenvalue weighted by molar-refractivity contribution is 1.07. The lowest BCUT2D eigenvalue weighted by atomic mass is 10.1. The van der Waals surface area contributed by atoms with Gasteiger partial charge in [0, 0.05) is 17.6 Å². The van der Waals surface area contributed by atoms with Crippen LogP contribution in [-0.4, -0.2) is 11.7 Å². The summed E-state index contributed by atoms with van der Waals surface area (Å²) in [6.45, 7) is 2.92. The predicted molar refractivity (Wildman–Crippen MR) is 99.6 cm³/mol. The lowest BCUT2D eigenvalue weighted by Gasteiger charge is -2.26. The summed E-state index contributed by atoms with van der Waals surface area (Å²) in [5.41, 5.74) is 2.14. The second-order valence-electron chi connectivity index (χ2n) is 5.04. The number of hydrogen-bond acceptors (Lipinski definition) is 1. The quantitative estimate of drug-likeness (QED) is 0.681. The molecule has 2 nitrogen and oxygen atoms in total. The molecule has 0 aromatic heterocycles. The summed E-state index contributed by atoms with van der Waals surface area (Å²) >= 11 is 5.62. The van der Waals surface area contributed by atoms with E-state index in [4.69, 9.17) is 12.2 Å². The molecule has 0 aliphatic carbocycles. The predicted octanol–water partition coefficient (Wildman–Crippen LogP) is 5.06. The third kappa shape index (κ3) is 2.95. The fraction of sp³-hybridized carbons (Fsp3) is 0.105. The molecule has 3 heteroatoms. The Labute approximate surface area is 136 Å². The molecule has 0 atom stereocenters. The average molecular weight is 306 g/mol. The first kappa shape index (κ1) is 14.5. The standard InChI is InChI=1S/C19H18N2S/c1-2-21(19(22)20-16-11-4-3-5-12-16)18-14-8-10-15-9-6-7-13-17(15)18/h3-14H,2H2,1H3,(H,20,22). The smallest absolute Gasteiger partial charge is 0.177 e. The maximum atomic E-state index is 5.62. The molecule has 1 N–H and O–H groups in total. The number of benzene rings is 3. The molecule has 0 bridgehead atoms. The zero-order valence-electron chi connectivity index (χ0n) is 12.5. The van der Waals surface area contributed by atoms with E-state index in [1.165, 1.54) is 10.8 Å². The Morgan fingerprint density at radius 1 is 0.909 bits per heavy atom. The van der Waals surface area contributed by atoms with Crippen molar-refractivity contribution >= 4 is 39.5 Å². The van der Waals surface area contributed by atoms with Gasteiger partial charge in [-0.3, -0.25) is 0 Å². The van der Waals surface area contributed by atoms with Crippen LogP contribution in [0, 0.1) is 0 Å². The second kappa shape index (κ2) is 6.58. The summed E-state index contributed by atoms with van der Waals surface area (Å²) < 4.78 is 0. The van der Waals surface area contributed by atoms with Crippen molar-refractivity contribution in [1.29, 1.82) is 0 Å². The van der Waals surface area contributed by atoms with Gasteiger partial charge in [0.15, 0.2) is 5.11 Å². The molecule has 0 aliphatic rings. The molecular weight excluding hydrogens is 288 g/mol. The maximum absolute atomic E-state index is 5.62. The van der Waals surface area contributed by atoms with Crippen molar-refractivity contribution in [3.05, 3.63) is 72.8 Å². The highest BCUT2D eigenvalue weighted by Crippen LogP contribution is 2.27. The number of para-hydroxylation sites is 1. The zero-order chi connectivity index (χ0) is 15.4. The van der Waals surface area contributed by atoms with Crippen molar-refractivity contribution in [1.82, 2.24) is 0 Å². The van der Waals surface area contributed by atoms with E-state index in [2.05, 4.69) is 59.6 Å². The van der Waals surface area contributed by atoms with Gasteiger partial charge in [0.2, 0.25) is 0 Å². The number of thiocarbonyl (C=S) groups is 1. The van der Waals surface area contributed by atoms with Crippen LogP contribution in [0.4, 0.5) is 11.4 Å². The number of anilines is 2. The Kier molecular flexibility index (Phi) is 4.35. The molecule has 3 rings (SSSR count). The molecule has 0 spiro atoms. The Morgan fingerprint density at radius 3 is 2.36 bits per heavy atom. The largest absolute Gasteiger partial charge is 0.332 e. The van der Waals surface area contributed by atoms with Crippen LogP contribution in [0.5, 0.6) is 0 Å². The summed E-state index contributed by atoms with van der Waals surface area (Å²) in [5, 5.41) is 6.46. The first-order valence-electron chi connectivity index (χ1n) is 7.41. The van der Waals surface area contributed by atoms with E-state index in [1.54, 1.807) is 0 Å². The highest BCUT2D eigenvalue weighted by molar-refractivity contribution is 7.80. The molecule has 3 aromatic rings. The van der Waals surface area contributed by atoms with E-state index in [1.807, 2.05) is 30.3 Å². The van der Waals surface area contributed by atoms with Crippen LogP contribution < -0.4 is 10.2 Å². The van der Waals surface area contributed by atoms with Crippen LogP contribution in [0.2, 0.25) is 0 Å². The molecular formula is C19H18N2S. The van der Waals surface area contributed by atoms with E-state index in [0.29, 0.717) is 5.11 Å². The summed E-state index contributed by atoms with van der Waals surface area (Å²) in [5.74, 6) is 0. The van der Waals surface area contributed by atoms with Crippen LogP contribution in [0.1, 0.15) is 6.92 Å². The van der Waals surface area contributed by atoms with Crippen LogP contribution >= 0.6 is 12.2 Å². The molecule has 3 aromatic carbocycles. The fourth-order valence-electron chi connectivity index (χ4n) is 2.58. The van der Waals surface area contributed by atoms with Gasteiger partial charge in [-0.2, -0.15) is 0 Å². The number of nitrogens with one attached hydrogen (secondary N) is 1. The number of nitrogens with zero attached hydrogens (tertiary/aromatic N) is 1. The SMILES string of the molecule is CCN(C(=S)Nc1ccccc1)c1cccc2ccccc12. The summed E-state index contributed by atoms with van der Waals surface area (Å²) in [6.07, 6.45) is 0. The Morgan fingerprint density at radius 2 is 1.59 bits per heavy atom. The third-order valence-electron chi connectivity index (χ3n) is 3.64. The minimum Gasteiger partial charge on any atom is -0.332 e. The Hall–Kier alpha value is -2.39. The van der Waals surface area contributed by atoms with Crippen LogP contribution in [0.15, 0.2) is 72.8 Å². The molecule has 0 aliphatic heterocycles. The third-order valence-corrected chi connectivity index (χ3v) is 3.97. The van der Waals surface area contributed by atoms with E-state index in [9.17, 15) is 0 Å². The van der Waals surface area contributed by atoms with E-state index in [-0.39, 0.29) is 0 Å². The van der Waals surface area contributed by atoms with Gasteiger partial charge < -0.3 is 10.2 Å². The van der Waals surface area contributed by atoms with E-state index >= 15 is 0 Å². The first-order valence-corrected chi connectivity index (χ1v) is 7.81. The molecule has 0 saturated heterocycles. The lowest BCUT2D eigenvalue weighted by Crippen LogP contribution is -2.34. The fourth-order valence-corrected chi connectivity index (χ4v) is 2.92. The van der Waals surface area contributed by atoms with Crippen molar-refractivity contribution in [3.8, 4) is 0 Å². The molecule has 0 unspecified atom stereocenters. The summed E-state index contributed by atoms with van der Waals surface area (Å²) in [7, 11) is 0. The van der Waals surface area contributed by atoms with E-state index in [0.717, 1.165) is 17.9 Å². The van der Waals surface area contributed by atoms with Crippen molar-refractivity contribution in [3.63, 3.8) is 0 Å². The molecule has 0 amide bonds. The molecule has 0 radical (unpaired) electrons. The number of rotatable bonds is 3. The molecule has 22 heavy (non-hydrogen) atoms.